The molecule has 0 saturated heterocycles. The Hall–Kier alpha value is -4.46. The van der Waals surface area contributed by atoms with Gasteiger partial charge in [-0.15, -0.1) is 0 Å². The first-order valence-electron chi connectivity index (χ1n) is 11.4. The minimum Gasteiger partial charge on any atom is -0.324 e. The third-order valence-electron chi connectivity index (χ3n) is 6.12. The highest BCUT2D eigenvalue weighted by Crippen LogP contribution is 2.25. The number of aromatic nitrogens is 5. The first kappa shape index (κ1) is 22.3. The van der Waals surface area contributed by atoms with E-state index in [0.29, 0.717) is 28.1 Å². The molecule has 8 nitrogen and oxygen atoms in total. The number of nitrogens with zero attached hydrogens (tertiary/aromatic N) is 5. The van der Waals surface area contributed by atoms with E-state index in [-0.39, 0.29) is 11.5 Å². The number of hydrogen-bond acceptors (Lipinski definition) is 4. The van der Waals surface area contributed by atoms with Crippen molar-refractivity contribution in [3.63, 3.8) is 0 Å². The van der Waals surface area contributed by atoms with Crippen LogP contribution in [0.4, 0.5) is 5.69 Å². The molecule has 3 aromatic heterocycles. The molecule has 5 rings (SSSR count). The number of carbonyl (C=O) groups excluding carboxylic acids is 1. The fourth-order valence-corrected chi connectivity index (χ4v) is 4.26. The number of carbonyl (C=O) groups is 1. The summed E-state index contributed by atoms with van der Waals surface area (Å²) in [5.41, 5.74) is 4.29. The average Bonchev–Trinajstić information content (AvgIpc) is 3.51. The Bertz CT molecular complexity index is 1600. The van der Waals surface area contributed by atoms with Crippen molar-refractivity contribution >= 4 is 22.5 Å². The highest BCUT2D eigenvalue weighted by Gasteiger charge is 2.25. The molecule has 0 aliphatic rings. The minimum absolute atomic E-state index is 0.316. The first-order chi connectivity index (χ1) is 16.8. The zero-order chi connectivity index (χ0) is 24.7. The molecule has 0 bridgehead atoms. The molecule has 0 unspecified atom stereocenters. The van der Waals surface area contributed by atoms with Crippen LogP contribution in [-0.2, 0) is 4.79 Å². The van der Waals surface area contributed by atoms with Crippen LogP contribution in [-0.4, -0.2) is 30.0 Å². The monoisotopic (exact) mass is 466 g/mol. The number of amides is 1. The zero-order valence-corrected chi connectivity index (χ0v) is 20.1. The van der Waals surface area contributed by atoms with Crippen LogP contribution in [0.2, 0.25) is 0 Å². The summed E-state index contributed by atoms with van der Waals surface area (Å²) in [6, 6.07) is 18.4. The summed E-state index contributed by atoms with van der Waals surface area (Å²) < 4.78 is 4.85. The van der Waals surface area contributed by atoms with Gasteiger partial charge >= 0.3 is 0 Å². The van der Waals surface area contributed by atoms with E-state index >= 15 is 0 Å². The van der Waals surface area contributed by atoms with Gasteiger partial charge in [0.25, 0.3) is 5.56 Å². The Labute approximate surface area is 202 Å². The normalized spacial score (nSPS) is 12.1. The maximum absolute atomic E-state index is 13.8. The van der Waals surface area contributed by atoms with Crippen molar-refractivity contribution in [2.75, 3.05) is 5.32 Å². The number of anilines is 1. The van der Waals surface area contributed by atoms with Gasteiger partial charge in [-0.2, -0.15) is 10.2 Å². The summed E-state index contributed by atoms with van der Waals surface area (Å²) in [4.78, 5) is 27.0. The fourth-order valence-electron chi connectivity index (χ4n) is 4.26. The SMILES string of the molecule is Cc1ccc(NC(=O)[C@@H](C)n2nc(C)c3nn(-c4ccccc4)c(-n4cccc4)c3c2=O)c(C)c1. The quantitative estimate of drug-likeness (QED) is 0.413. The maximum Gasteiger partial charge on any atom is 0.280 e. The van der Waals surface area contributed by atoms with Crippen LogP contribution in [0.15, 0.2) is 77.9 Å². The second-order valence-electron chi connectivity index (χ2n) is 8.70. The Balaban J connectivity index is 1.65. The summed E-state index contributed by atoms with van der Waals surface area (Å²) in [6.45, 7) is 7.42. The summed E-state index contributed by atoms with van der Waals surface area (Å²) in [6.07, 6.45) is 3.73. The van der Waals surface area contributed by atoms with Crippen LogP contribution in [0.1, 0.15) is 29.8 Å². The average molecular weight is 467 g/mol. The Morgan fingerprint density at radius 2 is 1.66 bits per heavy atom. The lowest BCUT2D eigenvalue weighted by atomic mass is 10.1. The molecule has 1 atom stereocenters. The van der Waals surface area contributed by atoms with Gasteiger partial charge in [-0.25, -0.2) is 9.36 Å². The Morgan fingerprint density at radius 3 is 2.34 bits per heavy atom. The van der Waals surface area contributed by atoms with Gasteiger partial charge in [0.2, 0.25) is 5.91 Å². The van der Waals surface area contributed by atoms with Crippen LogP contribution < -0.4 is 10.9 Å². The molecule has 0 aliphatic carbocycles. The van der Waals surface area contributed by atoms with Crippen LogP contribution in [0.5, 0.6) is 0 Å². The molecule has 0 saturated carbocycles. The molecular formula is C27H26N6O2. The molecule has 0 fully saturated rings. The molecule has 176 valence electrons. The third kappa shape index (κ3) is 3.93. The van der Waals surface area contributed by atoms with Crippen molar-refractivity contribution < 1.29 is 4.79 Å². The lowest BCUT2D eigenvalue weighted by Gasteiger charge is -2.16. The standard InChI is InChI=1S/C27H26N6O2/c1-17-12-13-22(18(2)16-17)28-25(34)20(4)32-27(35)23-24(19(3)29-32)30-33(21-10-6-5-7-11-21)26(23)31-14-8-9-15-31/h5-16,20H,1-4H3,(H,28,34)/t20-/m1/s1. The van der Waals surface area contributed by atoms with E-state index in [0.717, 1.165) is 16.8 Å². The Morgan fingerprint density at radius 1 is 0.943 bits per heavy atom. The number of rotatable bonds is 5. The number of benzene rings is 2. The highest BCUT2D eigenvalue weighted by atomic mass is 16.2. The largest absolute Gasteiger partial charge is 0.324 e. The van der Waals surface area contributed by atoms with E-state index in [1.807, 2.05) is 91.5 Å². The van der Waals surface area contributed by atoms with Crippen molar-refractivity contribution in [3.8, 4) is 11.5 Å². The summed E-state index contributed by atoms with van der Waals surface area (Å²) in [7, 11) is 0. The molecule has 8 heteroatoms. The zero-order valence-electron chi connectivity index (χ0n) is 20.1. The number of nitrogens with one attached hydrogen (secondary N) is 1. The van der Waals surface area contributed by atoms with Crippen LogP contribution >= 0.6 is 0 Å². The minimum atomic E-state index is -0.830. The van der Waals surface area contributed by atoms with Crippen molar-refractivity contribution in [3.05, 3.63) is 100 Å². The van der Waals surface area contributed by atoms with Gasteiger partial charge in [0.05, 0.1) is 11.4 Å². The van der Waals surface area contributed by atoms with E-state index in [2.05, 4.69) is 10.4 Å². The van der Waals surface area contributed by atoms with Gasteiger partial charge in [-0.1, -0.05) is 35.9 Å². The summed E-state index contributed by atoms with van der Waals surface area (Å²) in [5, 5.41) is 12.6. The van der Waals surface area contributed by atoms with E-state index < -0.39 is 6.04 Å². The second kappa shape index (κ2) is 8.72. The van der Waals surface area contributed by atoms with Crippen LogP contribution in [0.3, 0.4) is 0 Å². The lowest BCUT2D eigenvalue weighted by molar-refractivity contribution is -0.119. The van der Waals surface area contributed by atoms with Crippen molar-refractivity contribution in [1.29, 1.82) is 0 Å². The van der Waals surface area contributed by atoms with Crippen molar-refractivity contribution in [2.45, 2.75) is 33.7 Å². The van der Waals surface area contributed by atoms with Gasteiger partial charge in [0.1, 0.15) is 16.9 Å². The predicted molar refractivity (Wildman–Crippen MR) is 136 cm³/mol. The summed E-state index contributed by atoms with van der Waals surface area (Å²) in [5.74, 6) is 0.283. The molecule has 1 amide bonds. The molecular weight excluding hydrogens is 440 g/mol. The van der Waals surface area contributed by atoms with Crippen molar-refractivity contribution in [2.24, 2.45) is 0 Å². The van der Waals surface area contributed by atoms with Gasteiger partial charge in [0, 0.05) is 18.1 Å². The molecule has 3 heterocycles. The number of fused-ring (bicyclic) bond motifs is 1. The highest BCUT2D eigenvalue weighted by molar-refractivity contribution is 5.94. The number of para-hydroxylation sites is 1. The number of hydrogen-bond donors (Lipinski definition) is 1. The molecule has 35 heavy (non-hydrogen) atoms. The van der Waals surface area contributed by atoms with E-state index in [9.17, 15) is 9.59 Å². The second-order valence-corrected chi connectivity index (χ2v) is 8.70. The number of aryl methyl sites for hydroxylation is 3. The molecule has 0 spiro atoms. The van der Waals surface area contributed by atoms with Gasteiger partial charge in [-0.3, -0.25) is 9.59 Å². The maximum atomic E-state index is 13.8. The molecule has 5 aromatic rings. The molecule has 1 N–H and O–H groups in total. The lowest BCUT2D eigenvalue weighted by Crippen LogP contribution is -2.34. The fraction of sp³-hybridized carbons (Fsp3) is 0.185. The molecule has 0 radical (unpaired) electrons. The topological polar surface area (TPSA) is 86.7 Å². The van der Waals surface area contributed by atoms with Crippen molar-refractivity contribution in [1.82, 2.24) is 24.1 Å². The van der Waals surface area contributed by atoms with Gasteiger partial charge in [0.15, 0.2) is 5.82 Å². The first-order valence-corrected chi connectivity index (χ1v) is 11.4. The van der Waals surface area contributed by atoms with E-state index in [1.165, 1.54) is 4.68 Å². The van der Waals surface area contributed by atoms with E-state index in [4.69, 9.17) is 5.10 Å². The Kier molecular flexibility index (Phi) is 5.56. The van der Waals surface area contributed by atoms with E-state index in [1.54, 1.807) is 18.5 Å². The van der Waals surface area contributed by atoms with Crippen LogP contribution in [0.25, 0.3) is 22.4 Å². The summed E-state index contributed by atoms with van der Waals surface area (Å²) >= 11 is 0. The molecule has 2 aromatic carbocycles. The van der Waals surface area contributed by atoms with Crippen LogP contribution in [0, 0.1) is 20.8 Å². The third-order valence-corrected chi connectivity index (χ3v) is 6.12. The van der Waals surface area contributed by atoms with Gasteiger partial charge < -0.3 is 9.88 Å². The predicted octanol–water partition coefficient (Wildman–Crippen LogP) is 4.50. The smallest absolute Gasteiger partial charge is 0.280 e. The van der Waals surface area contributed by atoms with Gasteiger partial charge in [-0.05, 0) is 63.6 Å². The molecule has 0 aliphatic heterocycles.